The van der Waals surface area contributed by atoms with Crippen LogP contribution in [0.1, 0.15) is 20.3 Å². The number of ether oxygens (including phenoxy) is 1. The maximum Gasteiger partial charge on any atom is 0.253 e. The van der Waals surface area contributed by atoms with Crippen LogP contribution in [0.15, 0.2) is 48.6 Å². The molecule has 9 heteroatoms. The standard InChI is InChI=1S/C27H32ClN3O5/c1-16(2)14-19(15-32)31-23-26(35)30(18-9-7-17(28)8-10-18)13-5-11-27(23)22(25(31)34)21-20(36-27)6-4-12-29(3)24(21)33/h4-11,16,19-23,32H,12-15H2,1-3H3/t19-,20-,21+,22+,23?,27+/m1/s1. The van der Waals surface area contributed by atoms with Crippen molar-refractivity contribution in [2.75, 3.05) is 31.6 Å². The minimum absolute atomic E-state index is 0.176. The lowest BCUT2D eigenvalue weighted by molar-refractivity contribution is -0.146. The van der Waals surface area contributed by atoms with Gasteiger partial charge in [-0.2, -0.15) is 0 Å². The topological polar surface area (TPSA) is 90.4 Å². The van der Waals surface area contributed by atoms with Crippen molar-refractivity contribution in [1.82, 2.24) is 9.80 Å². The van der Waals surface area contributed by atoms with E-state index in [9.17, 15) is 19.5 Å². The van der Waals surface area contributed by atoms with E-state index >= 15 is 0 Å². The van der Waals surface area contributed by atoms with Gasteiger partial charge in [-0.15, -0.1) is 0 Å². The summed E-state index contributed by atoms with van der Waals surface area (Å²) in [6.07, 6.45) is 7.27. The van der Waals surface area contributed by atoms with E-state index in [0.29, 0.717) is 23.7 Å². The van der Waals surface area contributed by atoms with Crippen LogP contribution in [0.4, 0.5) is 5.69 Å². The monoisotopic (exact) mass is 513 g/mol. The van der Waals surface area contributed by atoms with Crippen molar-refractivity contribution in [3.8, 4) is 0 Å². The van der Waals surface area contributed by atoms with Crippen molar-refractivity contribution in [3.63, 3.8) is 0 Å². The van der Waals surface area contributed by atoms with E-state index in [0.717, 1.165) is 0 Å². The molecule has 8 nitrogen and oxygen atoms in total. The first-order valence-electron chi connectivity index (χ1n) is 12.5. The Labute approximate surface area is 216 Å². The lowest BCUT2D eigenvalue weighted by Crippen LogP contribution is -2.58. The minimum atomic E-state index is -1.31. The van der Waals surface area contributed by atoms with Crippen LogP contribution < -0.4 is 4.90 Å². The Balaban J connectivity index is 1.65. The zero-order valence-corrected chi connectivity index (χ0v) is 21.5. The summed E-state index contributed by atoms with van der Waals surface area (Å²) in [7, 11) is 1.71. The summed E-state index contributed by atoms with van der Waals surface area (Å²) in [6.45, 7) is 4.44. The molecule has 4 aliphatic heterocycles. The summed E-state index contributed by atoms with van der Waals surface area (Å²) in [5, 5.41) is 10.9. The third-order valence-electron chi connectivity index (χ3n) is 7.78. The van der Waals surface area contributed by atoms with Gasteiger partial charge in [-0.25, -0.2) is 0 Å². The first-order chi connectivity index (χ1) is 17.2. The SMILES string of the molecule is CC(C)C[C@H](CO)N1C(=O)[C@@H]2[C@H]3C(=O)N(C)CC=C[C@H]3O[C@@]23C=CCN(c2ccc(Cl)cc2)C(=O)C13. The molecule has 2 saturated heterocycles. The first-order valence-corrected chi connectivity index (χ1v) is 12.8. The second-order valence-electron chi connectivity index (χ2n) is 10.5. The summed E-state index contributed by atoms with van der Waals surface area (Å²) < 4.78 is 6.60. The summed E-state index contributed by atoms with van der Waals surface area (Å²) in [4.78, 5) is 46.7. The van der Waals surface area contributed by atoms with Crippen molar-refractivity contribution in [2.24, 2.45) is 17.8 Å². The van der Waals surface area contributed by atoms with Crippen LogP contribution in [-0.4, -0.2) is 83.2 Å². The zero-order valence-electron chi connectivity index (χ0n) is 20.7. The molecular formula is C27H32ClN3O5. The molecule has 4 aliphatic rings. The van der Waals surface area contributed by atoms with Crippen LogP contribution in [0.3, 0.4) is 0 Å². The molecule has 1 aromatic carbocycles. The number of likely N-dealkylation sites (tertiary alicyclic amines) is 1. The maximum absolute atomic E-state index is 14.3. The molecule has 1 aromatic rings. The number of aliphatic hydroxyl groups is 1. The Hall–Kier alpha value is -2.68. The van der Waals surface area contributed by atoms with Crippen LogP contribution in [0.25, 0.3) is 0 Å². The molecule has 3 amide bonds. The second kappa shape index (κ2) is 9.32. The van der Waals surface area contributed by atoms with Crippen LogP contribution >= 0.6 is 11.6 Å². The average molecular weight is 514 g/mol. The molecule has 36 heavy (non-hydrogen) atoms. The Morgan fingerprint density at radius 1 is 1.08 bits per heavy atom. The van der Waals surface area contributed by atoms with Gasteiger partial charge in [0.25, 0.3) is 5.91 Å². The number of nitrogens with zero attached hydrogens (tertiary/aromatic N) is 3. The van der Waals surface area contributed by atoms with Gasteiger partial charge < -0.3 is 24.5 Å². The molecule has 0 aromatic heterocycles. The Morgan fingerprint density at radius 3 is 2.47 bits per heavy atom. The first kappa shape index (κ1) is 25.0. The van der Waals surface area contributed by atoms with Crippen LogP contribution in [-0.2, 0) is 19.1 Å². The Bertz CT molecular complexity index is 1120. The highest BCUT2D eigenvalue weighted by Crippen LogP contribution is 2.54. The maximum atomic E-state index is 14.3. The number of rotatable bonds is 5. The zero-order chi connectivity index (χ0) is 25.8. The highest BCUT2D eigenvalue weighted by Gasteiger charge is 2.72. The lowest BCUT2D eigenvalue weighted by atomic mass is 9.77. The highest BCUT2D eigenvalue weighted by atomic mass is 35.5. The number of likely N-dealkylation sites (N-methyl/N-ethyl adjacent to an activating group) is 1. The molecule has 0 radical (unpaired) electrons. The molecule has 0 aliphatic carbocycles. The number of fused-ring (bicyclic) bond motifs is 2. The number of anilines is 1. The molecule has 192 valence electrons. The van der Waals surface area contributed by atoms with Crippen LogP contribution in [0, 0.1) is 17.8 Å². The van der Waals surface area contributed by atoms with Gasteiger partial charge >= 0.3 is 0 Å². The molecule has 6 atom stereocenters. The molecule has 0 bridgehead atoms. The van der Waals surface area contributed by atoms with Crippen LogP contribution in [0.5, 0.6) is 0 Å². The normalized spacial score (nSPS) is 32.5. The number of hydrogen-bond acceptors (Lipinski definition) is 5. The van der Waals surface area contributed by atoms with Crippen molar-refractivity contribution in [2.45, 2.75) is 44.1 Å². The summed E-state index contributed by atoms with van der Waals surface area (Å²) in [5.41, 5.74) is -0.665. The van der Waals surface area contributed by atoms with E-state index in [1.54, 1.807) is 41.1 Å². The number of halogens is 1. The second-order valence-corrected chi connectivity index (χ2v) is 11.0. The third-order valence-corrected chi connectivity index (χ3v) is 8.04. The molecular weight excluding hydrogens is 482 g/mol. The molecule has 1 N–H and O–H groups in total. The molecule has 1 spiro atoms. The van der Waals surface area contributed by atoms with Gasteiger partial charge in [0, 0.05) is 30.8 Å². The van der Waals surface area contributed by atoms with Gasteiger partial charge in [-0.1, -0.05) is 49.8 Å². The van der Waals surface area contributed by atoms with Crippen molar-refractivity contribution in [1.29, 1.82) is 0 Å². The predicted octanol–water partition coefficient (Wildman–Crippen LogP) is 2.26. The molecule has 4 heterocycles. The van der Waals surface area contributed by atoms with Crippen molar-refractivity contribution in [3.05, 3.63) is 53.6 Å². The number of benzene rings is 1. The fraction of sp³-hybridized carbons (Fsp3) is 0.519. The third kappa shape index (κ3) is 3.78. The Morgan fingerprint density at radius 2 is 1.81 bits per heavy atom. The van der Waals surface area contributed by atoms with E-state index in [-0.39, 0.29) is 36.8 Å². The molecule has 5 rings (SSSR count). The quantitative estimate of drug-likeness (QED) is 0.610. The van der Waals surface area contributed by atoms with E-state index < -0.39 is 35.6 Å². The number of carbonyl (C=O) groups is 3. The van der Waals surface area contributed by atoms with Gasteiger partial charge in [0.1, 0.15) is 11.6 Å². The summed E-state index contributed by atoms with van der Waals surface area (Å²) in [5.74, 6) is -2.23. The average Bonchev–Trinajstić information content (AvgIpc) is 3.17. The highest BCUT2D eigenvalue weighted by molar-refractivity contribution is 6.30. The molecule has 0 saturated carbocycles. The summed E-state index contributed by atoms with van der Waals surface area (Å²) >= 11 is 6.08. The van der Waals surface area contributed by atoms with Gasteiger partial charge in [-0.05, 0) is 36.6 Å². The molecule has 2 fully saturated rings. The molecule has 1 unspecified atom stereocenters. The van der Waals surface area contributed by atoms with E-state index in [2.05, 4.69) is 0 Å². The van der Waals surface area contributed by atoms with Crippen molar-refractivity contribution < 1.29 is 24.2 Å². The van der Waals surface area contributed by atoms with E-state index in [1.165, 1.54) is 4.90 Å². The summed E-state index contributed by atoms with van der Waals surface area (Å²) in [6, 6.07) is 5.37. The smallest absolute Gasteiger partial charge is 0.253 e. The number of amides is 3. The fourth-order valence-electron chi connectivity index (χ4n) is 6.27. The van der Waals surface area contributed by atoms with Crippen LogP contribution in [0.2, 0.25) is 5.02 Å². The van der Waals surface area contributed by atoms with Gasteiger partial charge in [0.05, 0.1) is 30.6 Å². The van der Waals surface area contributed by atoms with Gasteiger partial charge in [0.15, 0.2) is 0 Å². The number of hydrogen-bond donors (Lipinski definition) is 1. The van der Waals surface area contributed by atoms with Gasteiger partial charge in [-0.3, -0.25) is 14.4 Å². The Kier molecular flexibility index (Phi) is 6.47. The van der Waals surface area contributed by atoms with E-state index in [1.807, 2.05) is 38.2 Å². The largest absolute Gasteiger partial charge is 0.394 e. The fourth-order valence-corrected chi connectivity index (χ4v) is 6.40. The van der Waals surface area contributed by atoms with E-state index in [4.69, 9.17) is 16.3 Å². The van der Waals surface area contributed by atoms with Crippen molar-refractivity contribution >= 4 is 35.0 Å². The lowest BCUT2D eigenvalue weighted by Gasteiger charge is -2.39. The number of carbonyl (C=O) groups excluding carboxylic acids is 3. The minimum Gasteiger partial charge on any atom is -0.394 e. The predicted molar refractivity (Wildman–Crippen MR) is 135 cm³/mol. The van der Waals surface area contributed by atoms with Gasteiger partial charge in [0.2, 0.25) is 11.8 Å². The number of aliphatic hydroxyl groups excluding tert-OH is 1.